The van der Waals surface area contributed by atoms with Gasteiger partial charge in [-0.2, -0.15) is 0 Å². The van der Waals surface area contributed by atoms with E-state index in [-0.39, 0.29) is 25.7 Å². The van der Waals surface area contributed by atoms with Gasteiger partial charge in [-0.25, -0.2) is 9.13 Å². The summed E-state index contributed by atoms with van der Waals surface area (Å²) in [5.41, 5.74) is 0. The van der Waals surface area contributed by atoms with E-state index in [2.05, 4.69) is 48.5 Å². The molecule has 0 aromatic carbocycles. The van der Waals surface area contributed by atoms with Crippen LogP contribution in [-0.2, 0) is 65.4 Å². The highest BCUT2D eigenvalue weighted by Gasteiger charge is 2.30. The minimum Gasteiger partial charge on any atom is -0.462 e. The molecule has 0 aromatic rings. The lowest BCUT2D eigenvalue weighted by Crippen LogP contribution is -2.30. The molecule has 0 saturated heterocycles. The first-order valence-corrected chi connectivity index (χ1v) is 39.3. The largest absolute Gasteiger partial charge is 0.472 e. The molecule has 19 heteroatoms. The zero-order valence-electron chi connectivity index (χ0n) is 57.9. The molecule has 2 unspecified atom stereocenters. The van der Waals surface area contributed by atoms with Gasteiger partial charge in [-0.3, -0.25) is 37.3 Å². The van der Waals surface area contributed by atoms with Gasteiger partial charge in [-0.05, 0) is 43.4 Å². The molecule has 17 nitrogen and oxygen atoms in total. The molecular weight excluding hydrogens is 1170 g/mol. The second-order valence-corrected chi connectivity index (χ2v) is 29.6. The van der Waals surface area contributed by atoms with E-state index in [0.717, 1.165) is 108 Å². The number of carbonyl (C=O) groups excluding carboxylic acids is 4. The van der Waals surface area contributed by atoms with E-state index in [1.165, 1.54) is 161 Å². The number of phosphoric acid groups is 2. The van der Waals surface area contributed by atoms with E-state index in [9.17, 15) is 43.2 Å². The first kappa shape index (κ1) is 87.1. The van der Waals surface area contributed by atoms with Gasteiger partial charge >= 0.3 is 39.5 Å². The van der Waals surface area contributed by atoms with Crippen molar-refractivity contribution in [2.24, 2.45) is 17.8 Å². The summed E-state index contributed by atoms with van der Waals surface area (Å²) < 4.78 is 68.3. The van der Waals surface area contributed by atoms with Crippen molar-refractivity contribution in [2.75, 3.05) is 39.6 Å². The average molecular weight is 1310 g/mol. The molecule has 3 N–H and O–H groups in total. The van der Waals surface area contributed by atoms with Crippen molar-refractivity contribution < 1.29 is 80.2 Å². The van der Waals surface area contributed by atoms with Gasteiger partial charge in [0, 0.05) is 25.7 Å². The van der Waals surface area contributed by atoms with Gasteiger partial charge in [-0.15, -0.1) is 0 Å². The monoisotopic (exact) mass is 1310 g/mol. The molecule has 0 aliphatic carbocycles. The lowest BCUT2D eigenvalue weighted by atomic mass is 10.0. The van der Waals surface area contributed by atoms with Gasteiger partial charge < -0.3 is 33.8 Å². The highest BCUT2D eigenvalue weighted by Crippen LogP contribution is 2.45. The Balaban J connectivity index is 5.26. The third-order valence-corrected chi connectivity index (χ3v) is 18.0. The van der Waals surface area contributed by atoms with Gasteiger partial charge in [0.25, 0.3) is 0 Å². The van der Waals surface area contributed by atoms with Crippen LogP contribution in [0.1, 0.15) is 350 Å². The summed E-state index contributed by atoms with van der Waals surface area (Å²) in [4.78, 5) is 72.5. The summed E-state index contributed by atoms with van der Waals surface area (Å²) >= 11 is 0. The minimum absolute atomic E-state index is 0.104. The van der Waals surface area contributed by atoms with Crippen molar-refractivity contribution in [3.63, 3.8) is 0 Å². The lowest BCUT2D eigenvalue weighted by molar-refractivity contribution is -0.161. The fourth-order valence-corrected chi connectivity index (χ4v) is 12.1. The molecule has 528 valence electrons. The molecular formula is C70H136O17P2. The van der Waals surface area contributed by atoms with Crippen LogP contribution in [0.15, 0.2) is 0 Å². The smallest absolute Gasteiger partial charge is 0.462 e. The Hall–Kier alpha value is -1.94. The Kier molecular flexibility index (Phi) is 59.6. The normalized spacial score (nSPS) is 14.2. The minimum atomic E-state index is -4.95. The van der Waals surface area contributed by atoms with E-state index in [1.807, 2.05) is 0 Å². The maximum Gasteiger partial charge on any atom is 0.472 e. The quantitative estimate of drug-likeness (QED) is 0.0222. The Morgan fingerprint density at radius 2 is 0.517 bits per heavy atom. The number of aliphatic hydroxyl groups excluding tert-OH is 1. The number of phosphoric ester groups is 2. The van der Waals surface area contributed by atoms with Crippen LogP contribution in [0.2, 0.25) is 0 Å². The molecule has 0 rings (SSSR count). The summed E-state index contributed by atoms with van der Waals surface area (Å²) in [5, 5.41) is 10.6. The molecule has 0 aliphatic heterocycles. The molecule has 0 radical (unpaired) electrons. The number of carbonyl (C=O) groups is 4. The van der Waals surface area contributed by atoms with Crippen LogP contribution in [0.3, 0.4) is 0 Å². The van der Waals surface area contributed by atoms with Crippen LogP contribution in [0, 0.1) is 17.8 Å². The summed E-state index contributed by atoms with van der Waals surface area (Å²) in [5.74, 6) is 0.0884. The third kappa shape index (κ3) is 64.6. The molecule has 0 amide bonds. The molecule has 0 bridgehead atoms. The molecule has 0 spiro atoms. The third-order valence-electron chi connectivity index (χ3n) is 16.1. The number of aliphatic hydroxyl groups is 1. The Morgan fingerprint density at radius 3 is 0.764 bits per heavy atom. The molecule has 0 aliphatic rings. The van der Waals surface area contributed by atoms with Gasteiger partial charge in [0.15, 0.2) is 12.2 Å². The number of esters is 4. The average Bonchev–Trinajstić information content (AvgIpc) is 3.63. The zero-order valence-corrected chi connectivity index (χ0v) is 59.7. The van der Waals surface area contributed by atoms with Crippen molar-refractivity contribution >= 4 is 39.5 Å². The maximum atomic E-state index is 13.0. The summed E-state index contributed by atoms with van der Waals surface area (Å²) in [6, 6.07) is 0. The number of rotatable bonds is 68. The number of ether oxygens (including phenoxy) is 4. The molecule has 0 saturated carbocycles. The summed E-state index contributed by atoms with van der Waals surface area (Å²) in [7, 11) is -9.90. The van der Waals surface area contributed by atoms with Crippen molar-refractivity contribution in [3.8, 4) is 0 Å². The van der Waals surface area contributed by atoms with Crippen molar-refractivity contribution in [2.45, 2.75) is 369 Å². The van der Waals surface area contributed by atoms with Crippen LogP contribution in [0.5, 0.6) is 0 Å². The number of unbranched alkanes of at least 4 members (excludes halogenated alkanes) is 36. The summed E-state index contributed by atoms with van der Waals surface area (Å²) in [6.45, 7) is 11.8. The molecule has 0 aromatic heterocycles. The standard InChI is InChI=1S/C70H136O17P2/c1-8-9-10-11-12-13-14-15-16-22-30-37-44-51-67(72)80-57-65(86-69(74)53-46-39-32-23-18-17-20-27-34-41-48-61(2)3)59-84-88(76,77)82-55-64(71)56-83-89(78,79)85-60-66(58-81-68(73)52-45-38-31-26-25-29-36-43-50-63(6)7)87-70(75)54-47-40-33-24-19-21-28-35-42-49-62(4)5/h61-66,71H,8-60H2,1-7H3,(H,76,77)(H,78,79)/t64-,65-,66-/m1/s1. The number of hydrogen-bond acceptors (Lipinski definition) is 15. The van der Waals surface area contributed by atoms with Crippen LogP contribution < -0.4 is 0 Å². The van der Waals surface area contributed by atoms with E-state index >= 15 is 0 Å². The van der Waals surface area contributed by atoms with E-state index in [1.54, 1.807) is 0 Å². The van der Waals surface area contributed by atoms with Crippen LogP contribution >= 0.6 is 15.6 Å². The molecule has 0 fully saturated rings. The maximum absolute atomic E-state index is 13.0. The van der Waals surface area contributed by atoms with E-state index in [4.69, 9.17) is 37.0 Å². The Bertz CT molecular complexity index is 1750. The van der Waals surface area contributed by atoms with Crippen LogP contribution in [-0.4, -0.2) is 96.7 Å². The Labute approximate surface area is 543 Å². The van der Waals surface area contributed by atoms with E-state index in [0.29, 0.717) is 25.7 Å². The van der Waals surface area contributed by atoms with Gasteiger partial charge in [0.1, 0.15) is 19.3 Å². The predicted molar refractivity (Wildman–Crippen MR) is 358 cm³/mol. The fourth-order valence-electron chi connectivity index (χ4n) is 10.5. The van der Waals surface area contributed by atoms with Gasteiger partial charge in [0.2, 0.25) is 0 Å². The van der Waals surface area contributed by atoms with Gasteiger partial charge in [0.05, 0.1) is 26.4 Å². The lowest BCUT2D eigenvalue weighted by Gasteiger charge is -2.21. The molecule has 89 heavy (non-hydrogen) atoms. The van der Waals surface area contributed by atoms with Crippen molar-refractivity contribution in [3.05, 3.63) is 0 Å². The Morgan fingerprint density at radius 1 is 0.303 bits per heavy atom. The first-order valence-electron chi connectivity index (χ1n) is 36.3. The van der Waals surface area contributed by atoms with Crippen molar-refractivity contribution in [1.82, 2.24) is 0 Å². The van der Waals surface area contributed by atoms with Crippen LogP contribution in [0.25, 0.3) is 0 Å². The van der Waals surface area contributed by atoms with E-state index < -0.39 is 97.5 Å². The SMILES string of the molecule is CCCCCCCCCCCCCCCC(=O)OC[C@H](COP(=O)(O)OC[C@@H](O)COP(=O)(O)OC[C@@H](COC(=O)CCCCCCCCCCC(C)C)OC(=O)CCCCCCCCCCCC(C)C)OC(=O)CCCCCCCCCCCCC(C)C. The molecule has 0 heterocycles. The van der Waals surface area contributed by atoms with Crippen molar-refractivity contribution in [1.29, 1.82) is 0 Å². The second kappa shape index (κ2) is 61.0. The second-order valence-electron chi connectivity index (χ2n) is 26.7. The highest BCUT2D eigenvalue weighted by molar-refractivity contribution is 7.47. The van der Waals surface area contributed by atoms with Gasteiger partial charge in [-0.1, -0.05) is 299 Å². The van der Waals surface area contributed by atoms with Crippen LogP contribution in [0.4, 0.5) is 0 Å². The first-order chi connectivity index (χ1) is 42.7. The molecule has 5 atom stereocenters. The highest BCUT2D eigenvalue weighted by atomic mass is 31.2. The predicted octanol–water partition coefficient (Wildman–Crippen LogP) is 19.8. The zero-order chi connectivity index (χ0) is 65.9. The summed E-state index contributed by atoms with van der Waals surface area (Å²) in [6.07, 6.45) is 44.4. The fraction of sp³-hybridized carbons (Fsp3) is 0.943. The number of hydrogen-bond donors (Lipinski definition) is 3. The topological polar surface area (TPSA) is 237 Å².